The van der Waals surface area contributed by atoms with Crippen LogP contribution < -0.4 is 0 Å². The summed E-state index contributed by atoms with van der Waals surface area (Å²) in [7, 11) is -3.47. The molecule has 0 radical (unpaired) electrons. The molecule has 2 aliphatic rings. The van der Waals surface area contributed by atoms with E-state index in [0.717, 1.165) is 24.9 Å². The van der Waals surface area contributed by atoms with Crippen LogP contribution in [-0.2, 0) is 10.0 Å². The predicted octanol–water partition coefficient (Wildman–Crippen LogP) is 3.39. The standard InChI is InChI=1S/C22H28N2O3S2/c1-2-6-17-8-10-18(11-9-17)22-19-15-23(29(26,27)21-7-5-14-28-21)12-3-4-13-24(19)20(22)16-25/h2,5-11,14,19-20,22,25H,3-4,12-13,15-16H2,1H3/b6-2+/t19-,20+,22+/m0/s1. The lowest BCUT2D eigenvalue weighted by Gasteiger charge is -2.57. The smallest absolute Gasteiger partial charge is 0.252 e. The number of benzene rings is 1. The number of allylic oxidation sites excluding steroid dienone is 1. The number of sulfonamides is 1. The fourth-order valence-electron chi connectivity index (χ4n) is 4.69. The summed E-state index contributed by atoms with van der Waals surface area (Å²) >= 11 is 1.27. The Balaban J connectivity index is 1.62. The van der Waals surface area contributed by atoms with Crippen LogP contribution in [0.3, 0.4) is 0 Å². The molecule has 5 nitrogen and oxygen atoms in total. The molecule has 2 aliphatic heterocycles. The first-order chi connectivity index (χ1) is 14.1. The predicted molar refractivity (Wildman–Crippen MR) is 118 cm³/mol. The van der Waals surface area contributed by atoms with E-state index in [1.165, 1.54) is 16.9 Å². The molecular formula is C22H28N2O3S2. The average molecular weight is 433 g/mol. The number of hydrogen-bond acceptors (Lipinski definition) is 5. The van der Waals surface area contributed by atoms with E-state index in [4.69, 9.17) is 0 Å². The van der Waals surface area contributed by atoms with Crippen molar-refractivity contribution >= 4 is 27.4 Å². The number of nitrogens with zero attached hydrogens (tertiary/aromatic N) is 2. The molecule has 156 valence electrons. The summed E-state index contributed by atoms with van der Waals surface area (Å²) in [6.45, 7) is 4.03. The Morgan fingerprint density at radius 1 is 1.17 bits per heavy atom. The van der Waals surface area contributed by atoms with Gasteiger partial charge in [0.05, 0.1) is 6.61 Å². The topological polar surface area (TPSA) is 60.9 Å². The maximum atomic E-state index is 13.2. The first-order valence-electron chi connectivity index (χ1n) is 10.2. The van der Waals surface area contributed by atoms with Crippen molar-refractivity contribution in [2.24, 2.45) is 0 Å². The minimum absolute atomic E-state index is 0.0527. The van der Waals surface area contributed by atoms with Crippen LogP contribution >= 0.6 is 11.3 Å². The molecule has 0 amide bonds. The molecule has 0 unspecified atom stereocenters. The monoisotopic (exact) mass is 432 g/mol. The normalized spacial score (nSPS) is 26.6. The highest BCUT2D eigenvalue weighted by molar-refractivity contribution is 7.91. The highest BCUT2D eigenvalue weighted by Gasteiger charge is 2.50. The van der Waals surface area contributed by atoms with Crippen molar-refractivity contribution in [3.63, 3.8) is 0 Å². The van der Waals surface area contributed by atoms with Crippen molar-refractivity contribution in [1.29, 1.82) is 0 Å². The largest absolute Gasteiger partial charge is 0.395 e. The van der Waals surface area contributed by atoms with Gasteiger partial charge in [-0.05, 0) is 48.9 Å². The van der Waals surface area contributed by atoms with Crippen LogP contribution in [0.5, 0.6) is 0 Å². The number of aliphatic hydroxyl groups excluding tert-OH is 1. The zero-order valence-electron chi connectivity index (χ0n) is 16.6. The van der Waals surface area contributed by atoms with Crippen LogP contribution in [0.1, 0.15) is 36.8 Å². The Kier molecular flexibility index (Phi) is 6.22. The van der Waals surface area contributed by atoms with E-state index in [1.54, 1.807) is 16.4 Å². The average Bonchev–Trinajstić information content (AvgIpc) is 3.24. The second-order valence-corrected chi connectivity index (χ2v) is 10.9. The van der Waals surface area contributed by atoms with Crippen LogP contribution in [0, 0.1) is 0 Å². The van der Waals surface area contributed by atoms with E-state index in [0.29, 0.717) is 17.3 Å². The number of thiophene rings is 1. The molecule has 2 fully saturated rings. The van der Waals surface area contributed by atoms with E-state index in [9.17, 15) is 13.5 Å². The van der Waals surface area contributed by atoms with Crippen LogP contribution in [-0.4, -0.2) is 61.1 Å². The first kappa shape index (κ1) is 20.8. The second-order valence-electron chi connectivity index (χ2n) is 7.75. The van der Waals surface area contributed by atoms with Gasteiger partial charge in [-0.3, -0.25) is 4.90 Å². The number of rotatable bonds is 5. The third-order valence-electron chi connectivity index (χ3n) is 6.10. The number of hydrogen-bond donors (Lipinski definition) is 1. The Labute approximate surface area is 177 Å². The van der Waals surface area contributed by atoms with Crippen LogP contribution in [0.15, 0.2) is 52.1 Å². The lowest BCUT2D eigenvalue weighted by atomic mass is 9.74. The van der Waals surface area contributed by atoms with Crippen molar-refractivity contribution in [3.05, 3.63) is 59.0 Å². The van der Waals surface area contributed by atoms with Gasteiger partial charge >= 0.3 is 0 Å². The SMILES string of the molecule is C/C=C/c1ccc([C@H]2[C@@H](CO)N3CCCCN(S(=O)(=O)c4cccs4)C[C@@H]23)cc1. The van der Waals surface area contributed by atoms with Gasteiger partial charge < -0.3 is 5.11 Å². The zero-order valence-corrected chi connectivity index (χ0v) is 18.3. The maximum Gasteiger partial charge on any atom is 0.252 e. The minimum atomic E-state index is -3.47. The van der Waals surface area contributed by atoms with E-state index in [-0.39, 0.29) is 24.6 Å². The number of aliphatic hydroxyl groups is 1. The third kappa shape index (κ3) is 3.94. The Morgan fingerprint density at radius 3 is 2.59 bits per heavy atom. The molecular weight excluding hydrogens is 404 g/mol. The lowest BCUT2D eigenvalue weighted by molar-refractivity contribution is -0.0553. The molecule has 2 aromatic rings. The van der Waals surface area contributed by atoms with E-state index >= 15 is 0 Å². The Morgan fingerprint density at radius 2 is 1.93 bits per heavy atom. The van der Waals surface area contributed by atoms with E-state index in [2.05, 4.69) is 35.2 Å². The molecule has 2 saturated heterocycles. The van der Waals surface area contributed by atoms with Crippen molar-refractivity contribution in [1.82, 2.24) is 9.21 Å². The van der Waals surface area contributed by atoms with Gasteiger partial charge in [0.25, 0.3) is 10.0 Å². The van der Waals surface area contributed by atoms with Gasteiger partial charge in [-0.2, -0.15) is 4.31 Å². The fraction of sp³-hybridized carbons (Fsp3) is 0.455. The highest BCUT2D eigenvalue weighted by atomic mass is 32.2. The summed E-state index contributed by atoms with van der Waals surface area (Å²) in [5, 5.41) is 11.9. The van der Waals surface area contributed by atoms with Crippen molar-refractivity contribution in [3.8, 4) is 0 Å². The molecule has 7 heteroatoms. The zero-order chi connectivity index (χ0) is 20.4. The summed E-state index contributed by atoms with van der Waals surface area (Å²) in [6, 6.07) is 12.0. The fourth-order valence-corrected chi connectivity index (χ4v) is 7.33. The summed E-state index contributed by atoms with van der Waals surface area (Å²) in [4.78, 5) is 2.31. The Bertz CT molecular complexity index is 939. The van der Waals surface area contributed by atoms with Gasteiger partial charge in [0.1, 0.15) is 4.21 Å². The molecule has 0 bridgehead atoms. The molecule has 1 aromatic carbocycles. The van der Waals surface area contributed by atoms with Gasteiger partial charge in [0.15, 0.2) is 0 Å². The first-order valence-corrected chi connectivity index (χ1v) is 12.5. The molecule has 3 atom stereocenters. The van der Waals surface area contributed by atoms with Crippen molar-refractivity contribution < 1.29 is 13.5 Å². The van der Waals surface area contributed by atoms with Gasteiger partial charge in [-0.1, -0.05) is 42.5 Å². The molecule has 4 rings (SSSR count). The van der Waals surface area contributed by atoms with Crippen molar-refractivity contribution in [2.75, 3.05) is 26.2 Å². The van der Waals surface area contributed by atoms with Gasteiger partial charge in [-0.15, -0.1) is 11.3 Å². The van der Waals surface area contributed by atoms with Gasteiger partial charge in [0, 0.05) is 31.1 Å². The summed E-state index contributed by atoms with van der Waals surface area (Å²) in [6.07, 6.45) is 5.86. The van der Waals surface area contributed by atoms with Gasteiger partial charge in [-0.25, -0.2) is 8.42 Å². The maximum absolute atomic E-state index is 13.2. The molecule has 3 heterocycles. The molecule has 0 saturated carbocycles. The van der Waals surface area contributed by atoms with E-state index < -0.39 is 10.0 Å². The lowest BCUT2D eigenvalue weighted by Crippen LogP contribution is -2.67. The summed E-state index contributed by atoms with van der Waals surface area (Å²) < 4.78 is 28.4. The van der Waals surface area contributed by atoms with Crippen LogP contribution in [0.25, 0.3) is 6.08 Å². The number of fused-ring (bicyclic) bond motifs is 1. The molecule has 0 spiro atoms. The minimum Gasteiger partial charge on any atom is -0.395 e. The molecule has 1 aromatic heterocycles. The highest BCUT2D eigenvalue weighted by Crippen LogP contribution is 2.42. The van der Waals surface area contributed by atoms with E-state index in [1.807, 2.05) is 18.4 Å². The Hall–Kier alpha value is -1.51. The molecule has 1 N–H and O–H groups in total. The summed E-state index contributed by atoms with van der Waals surface area (Å²) in [5.41, 5.74) is 2.32. The summed E-state index contributed by atoms with van der Waals surface area (Å²) in [5.74, 6) is 0.138. The molecule has 0 aliphatic carbocycles. The van der Waals surface area contributed by atoms with Gasteiger partial charge in [0.2, 0.25) is 0 Å². The molecule has 29 heavy (non-hydrogen) atoms. The van der Waals surface area contributed by atoms with Crippen LogP contribution in [0.2, 0.25) is 0 Å². The van der Waals surface area contributed by atoms with Crippen molar-refractivity contribution in [2.45, 2.75) is 42.0 Å². The third-order valence-corrected chi connectivity index (χ3v) is 9.34. The quantitative estimate of drug-likeness (QED) is 0.787. The van der Waals surface area contributed by atoms with Crippen LogP contribution in [0.4, 0.5) is 0 Å². The second kappa shape index (κ2) is 8.70.